The van der Waals surface area contributed by atoms with Crippen molar-refractivity contribution in [3.63, 3.8) is 0 Å². The van der Waals surface area contributed by atoms with Gasteiger partial charge < -0.3 is 9.64 Å². The molecule has 2 aromatic heterocycles. The molecule has 0 amide bonds. The first-order valence-corrected chi connectivity index (χ1v) is 11.4. The third kappa shape index (κ3) is 3.46. The molecule has 7 heteroatoms. The molecule has 0 N–H and O–H groups in total. The molecule has 2 unspecified atom stereocenters. The summed E-state index contributed by atoms with van der Waals surface area (Å²) < 4.78 is 5.48. The number of rotatable bonds is 3. The van der Waals surface area contributed by atoms with Crippen molar-refractivity contribution in [1.29, 1.82) is 0 Å². The van der Waals surface area contributed by atoms with Crippen molar-refractivity contribution in [2.45, 2.75) is 45.5 Å². The Labute approximate surface area is 164 Å². The van der Waals surface area contributed by atoms with Crippen LogP contribution in [0.25, 0.3) is 10.2 Å². The molecule has 5 nitrogen and oxygen atoms in total. The monoisotopic (exact) mass is 392 g/mol. The third-order valence-electron chi connectivity index (χ3n) is 5.68. The van der Waals surface area contributed by atoms with Gasteiger partial charge in [0, 0.05) is 41.6 Å². The Morgan fingerprint density at radius 1 is 1.12 bits per heavy atom. The van der Waals surface area contributed by atoms with Crippen LogP contribution in [-0.2, 0) is 11.3 Å². The van der Waals surface area contributed by atoms with E-state index < -0.39 is 0 Å². The summed E-state index contributed by atoms with van der Waals surface area (Å²) >= 11 is 3.88. The molecule has 4 heterocycles. The molecule has 0 aliphatic carbocycles. The number of nitrogens with zero attached hydrogens (tertiary/aromatic N) is 4. The number of ether oxygens (including phenoxy) is 1. The average molecular weight is 393 g/mol. The standard InChI is InChI=1S/C19H28N4OS2/c1-12-14(3)26-19-17(12)18(23-7-10-25-15(4)13(23)2)20-16(21-19)11-22-5-8-24-9-6-22/h13,15H,5-11H2,1-4H3. The molecule has 2 aromatic rings. The average Bonchev–Trinajstić information content (AvgIpc) is 2.92. The van der Waals surface area contributed by atoms with Gasteiger partial charge in [-0.1, -0.05) is 6.92 Å². The van der Waals surface area contributed by atoms with E-state index in [0.717, 1.165) is 61.6 Å². The van der Waals surface area contributed by atoms with E-state index in [4.69, 9.17) is 14.7 Å². The summed E-state index contributed by atoms with van der Waals surface area (Å²) in [5.41, 5.74) is 1.34. The summed E-state index contributed by atoms with van der Waals surface area (Å²) in [5, 5.41) is 1.89. The van der Waals surface area contributed by atoms with Crippen LogP contribution in [0.4, 0.5) is 5.82 Å². The molecule has 0 radical (unpaired) electrons. The molecule has 142 valence electrons. The zero-order valence-corrected chi connectivity index (χ0v) is 17.8. The number of hydrogen-bond acceptors (Lipinski definition) is 7. The summed E-state index contributed by atoms with van der Waals surface area (Å²) in [5.74, 6) is 3.27. The lowest BCUT2D eigenvalue weighted by atomic mass is 10.1. The van der Waals surface area contributed by atoms with Crippen molar-refractivity contribution in [3.8, 4) is 0 Å². The minimum absolute atomic E-state index is 0.489. The molecule has 0 spiro atoms. The Bertz CT molecular complexity index is 787. The van der Waals surface area contributed by atoms with E-state index in [9.17, 15) is 0 Å². The third-order valence-corrected chi connectivity index (χ3v) is 8.12. The van der Waals surface area contributed by atoms with E-state index in [1.54, 1.807) is 0 Å². The smallest absolute Gasteiger partial charge is 0.146 e. The van der Waals surface area contributed by atoms with E-state index in [-0.39, 0.29) is 0 Å². The fourth-order valence-corrected chi connectivity index (χ4v) is 5.88. The van der Waals surface area contributed by atoms with Crippen LogP contribution < -0.4 is 4.90 Å². The van der Waals surface area contributed by atoms with Crippen LogP contribution in [-0.4, -0.2) is 64.8 Å². The van der Waals surface area contributed by atoms with Crippen LogP contribution >= 0.6 is 23.1 Å². The molecule has 4 rings (SSSR count). The minimum atomic E-state index is 0.489. The predicted molar refractivity (Wildman–Crippen MR) is 112 cm³/mol. The zero-order chi connectivity index (χ0) is 18.3. The first kappa shape index (κ1) is 18.5. The van der Waals surface area contributed by atoms with E-state index in [1.165, 1.54) is 15.8 Å². The summed E-state index contributed by atoms with van der Waals surface area (Å²) in [6, 6.07) is 0.489. The second-order valence-corrected chi connectivity index (χ2v) is 10.0. The number of fused-ring (bicyclic) bond motifs is 1. The normalized spacial score (nSPS) is 25.2. The van der Waals surface area contributed by atoms with Gasteiger partial charge in [0.05, 0.1) is 25.1 Å². The van der Waals surface area contributed by atoms with Gasteiger partial charge in [0.2, 0.25) is 0 Å². The number of aromatic nitrogens is 2. The molecule has 2 saturated heterocycles. The highest BCUT2D eigenvalue weighted by Gasteiger charge is 2.29. The van der Waals surface area contributed by atoms with E-state index in [2.05, 4.69) is 49.3 Å². The molecule has 0 saturated carbocycles. The molecule has 0 aromatic carbocycles. The van der Waals surface area contributed by atoms with Crippen LogP contribution in [0.1, 0.15) is 30.1 Å². The van der Waals surface area contributed by atoms with Crippen LogP contribution in [0.3, 0.4) is 0 Å². The summed E-state index contributed by atoms with van der Waals surface area (Å²) in [6.07, 6.45) is 0. The number of aryl methyl sites for hydroxylation is 2. The predicted octanol–water partition coefficient (Wildman–Crippen LogP) is 3.47. The number of morpholine rings is 1. The van der Waals surface area contributed by atoms with Crippen LogP contribution in [0.2, 0.25) is 0 Å². The zero-order valence-electron chi connectivity index (χ0n) is 16.1. The fourth-order valence-electron chi connectivity index (χ4n) is 3.74. The molecule has 2 aliphatic heterocycles. The highest BCUT2D eigenvalue weighted by Crippen LogP contribution is 2.38. The lowest BCUT2D eigenvalue weighted by Crippen LogP contribution is -2.45. The van der Waals surface area contributed by atoms with Gasteiger partial charge in [-0.25, -0.2) is 9.97 Å². The van der Waals surface area contributed by atoms with Crippen LogP contribution in [0.5, 0.6) is 0 Å². The van der Waals surface area contributed by atoms with E-state index in [0.29, 0.717) is 11.3 Å². The lowest BCUT2D eigenvalue weighted by Gasteiger charge is -2.39. The van der Waals surface area contributed by atoms with Crippen molar-refractivity contribution in [2.75, 3.05) is 43.5 Å². The van der Waals surface area contributed by atoms with Crippen molar-refractivity contribution < 1.29 is 4.74 Å². The van der Waals surface area contributed by atoms with Crippen molar-refractivity contribution in [1.82, 2.24) is 14.9 Å². The summed E-state index contributed by atoms with van der Waals surface area (Å²) in [4.78, 5) is 17.5. The highest BCUT2D eigenvalue weighted by atomic mass is 32.2. The Kier molecular flexibility index (Phi) is 5.41. The molecule has 26 heavy (non-hydrogen) atoms. The maximum absolute atomic E-state index is 5.48. The topological polar surface area (TPSA) is 41.5 Å². The van der Waals surface area contributed by atoms with Gasteiger partial charge >= 0.3 is 0 Å². The molecule has 2 fully saturated rings. The lowest BCUT2D eigenvalue weighted by molar-refractivity contribution is 0.0331. The Morgan fingerprint density at radius 3 is 2.65 bits per heavy atom. The van der Waals surface area contributed by atoms with Crippen molar-refractivity contribution in [3.05, 3.63) is 16.3 Å². The molecule has 2 aliphatic rings. The van der Waals surface area contributed by atoms with Gasteiger partial charge in [0.15, 0.2) is 0 Å². The first-order chi connectivity index (χ1) is 12.5. The molecule has 2 atom stereocenters. The number of anilines is 1. The fraction of sp³-hybridized carbons (Fsp3) is 0.684. The van der Waals surface area contributed by atoms with E-state index in [1.807, 2.05) is 11.3 Å². The van der Waals surface area contributed by atoms with Gasteiger partial charge in [-0.05, 0) is 26.3 Å². The van der Waals surface area contributed by atoms with Gasteiger partial charge in [-0.3, -0.25) is 4.90 Å². The molecular formula is C19H28N4OS2. The Balaban J connectivity index is 1.75. The quantitative estimate of drug-likeness (QED) is 0.797. The minimum Gasteiger partial charge on any atom is -0.379 e. The maximum Gasteiger partial charge on any atom is 0.146 e. The van der Waals surface area contributed by atoms with Crippen molar-refractivity contribution >= 4 is 39.1 Å². The number of thiophene rings is 1. The van der Waals surface area contributed by atoms with Gasteiger partial charge in [-0.15, -0.1) is 11.3 Å². The maximum atomic E-state index is 5.48. The summed E-state index contributed by atoms with van der Waals surface area (Å²) in [6.45, 7) is 14.5. The second kappa shape index (κ2) is 7.62. The van der Waals surface area contributed by atoms with Gasteiger partial charge in [0.1, 0.15) is 16.5 Å². The Hall–Kier alpha value is -0.890. The van der Waals surface area contributed by atoms with Crippen LogP contribution in [0.15, 0.2) is 0 Å². The number of hydrogen-bond donors (Lipinski definition) is 0. The molecular weight excluding hydrogens is 364 g/mol. The highest BCUT2D eigenvalue weighted by molar-refractivity contribution is 8.00. The SMILES string of the molecule is Cc1sc2nc(CN3CCOCC3)nc(N3CCSC(C)C3C)c2c1C. The largest absolute Gasteiger partial charge is 0.379 e. The van der Waals surface area contributed by atoms with Gasteiger partial charge in [-0.2, -0.15) is 11.8 Å². The first-order valence-electron chi connectivity index (χ1n) is 9.49. The van der Waals surface area contributed by atoms with Crippen LogP contribution in [0, 0.1) is 13.8 Å². The second-order valence-electron chi connectivity index (χ2n) is 7.33. The number of thioether (sulfide) groups is 1. The molecule has 0 bridgehead atoms. The van der Waals surface area contributed by atoms with E-state index >= 15 is 0 Å². The summed E-state index contributed by atoms with van der Waals surface area (Å²) in [7, 11) is 0. The van der Waals surface area contributed by atoms with Gasteiger partial charge in [0.25, 0.3) is 0 Å². The van der Waals surface area contributed by atoms with Crippen molar-refractivity contribution in [2.24, 2.45) is 0 Å². The Morgan fingerprint density at radius 2 is 1.88 bits per heavy atom.